The van der Waals surface area contributed by atoms with Crippen molar-refractivity contribution >= 4 is 17.2 Å². The van der Waals surface area contributed by atoms with Crippen LogP contribution in [0.4, 0.5) is 8.78 Å². The standard InChI is InChI=1S/C8H10F2N2O2S/c1-5-6(15-4-12-5)7(14)11-2-8(9,10)3-13/h4,13H,2-3H2,1H3,(H,11,14). The first-order valence-corrected chi connectivity index (χ1v) is 5.01. The first-order valence-electron chi connectivity index (χ1n) is 4.13. The van der Waals surface area contributed by atoms with Crippen molar-refractivity contribution in [1.29, 1.82) is 0 Å². The SMILES string of the molecule is Cc1ncsc1C(=O)NCC(F)(F)CO. The first-order chi connectivity index (χ1) is 6.96. The number of amides is 1. The Morgan fingerprint density at radius 2 is 2.40 bits per heavy atom. The Morgan fingerprint density at radius 3 is 2.87 bits per heavy atom. The van der Waals surface area contributed by atoms with Crippen molar-refractivity contribution < 1.29 is 18.7 Å². The Bertz CT molecular complexity index is 354. The van der Waals surface area contributed by atoms with Crippen LogP contribution in [0.5, 0.6) is 0 Å². The number of rotatable bonds is 4. The molecule has 0 spiro atoms. The van der Waals surface area contributed by atoms with Gasteiger partial charge in [-0.15, -0.1) is 11.3 Å². The number of nitrogens with one attached hydrogen (secondary N) is 1. The van der Waals surface area contributed by atoms with Crippen LogP contribution < -0.4 is 5.32 Å². The van der Waals surface area contributed by atoms with Crippen LogP contribution in [0.15, 0.2) is 5.51 Å². The summed E-state index contributed by atoms with van der Waals surface area (Å²) in [6.07, 6.45) is 0. The number of carbonyl (C=O) groups excluding carboxylic acids is 1. The summed E-state index contributed by atoms with van der Waals surface area (Å²) in [7, 11) is 0. The molecule has 0 bridgehead atoms. The fourth-order valence-corrected chi connectivity index (χ4v) is 1.58. The van der Waals surface area contributed by atoms with Gasteiger partial charge in [-0.2, -0.15) is 0 Å². The number of aryl methyl sites for hydroxylation is 1. The highest BCUT2D eigenvalue weighted by Crippen LogP contribution is 2.13. The third kappa shape index (κ3) is 3.21. The minimum Gasteiger partial charge on any atom is -0.390 e. The molecule has 0 aromatic carbocycles. The lowest BCUT2D eigenvalue weighted by molar-refractivity contribution is -0.0461. The lowest BCUT2D eigenvalue weighted by Gasteiger charge is -2.13. The lowest BCUT2D eigenvalue weighted by Crippen LogP contribution is -2.38. The third-order valence-corrected chi connectivity index (χ3v) is 2.62. The highest BCUT2D eigenvalue weighted by atomic mass is 32.1. The van der Waals surface area contributed by atoms with Crippen molar-refractivity contribution in [1.82, 2.24) is 10.3 Å². The molecule has 0 aliphatic rings. The topological polar surface area (TPSA) is 62.2 Å². The number of aliphatic hydroxyl groups excluding tert-OH is 1. The molecule has 1 heterocycles. The molecule has 0 aliphatic heterocycles. The average Bonchev–Trinajstić information content (AvgIpc) is 2.61. The number of hydrogen-bond donors (Lipinski definition) is 2. The van der Waals surface area contributed by atoms with Crippen LogP contribution in [0.1, 0.15) is 15.4 Å². The number of nitrogens with zero attached hydrogens (tertiary/aromatic N) is 1. The molecular formula is C8H10F2N2O2S. The maximum absolute atomic E-state index is 12.6. The van der Waals surface area contributed by atoms with Crippen LogP contribution in [0.2, 0.25) is 0 Å². The van der Waals surface area contributed by atoms with Gasteiger partial charge in [0.25, 0.3) is 11.8 Å². The largest absolute Gasteiger partial charge is 0.390 e. The second kappa shape index (κ2) is 4.63. The predicted molar refractivity (Wildman–Crippen MR) is 51.2 cm³/mol. The zero-order chi connectivity index (χ0) is 11.5. The number of hydrogen-bond acceptors (Lipinski definition) is 4. The molecule has 1 aromatic rings. The summed E-state index contributed by atoms with van der Waals surface area (Å²) < 4.78 is 25.2. The zero-order valence-electron chi connectivity index (χ0n) is 7.96. The third-order valence-electron chi connectivity index (χ3n) is 1.69. The highest BCUT2D eigenvalue weighted by molar-refractivity contribution is 7.11. The van der Waals surface area contributed by atoms with E-state index in [2.05, 4.69) is 4.98 Å². The number of aliphatic hydroxyl groups is 1. The fraction of sp³-hybridized carbons (Fsp3) is 0.500. The second-order valence-corrected chi connectivity index (χ2v) is 3.82. The van der Waals surface area contributed by atoms with Gasteiger partial charge in [-0.25, -0.2) is 13.8 Å². The number of thiazole rings is 1. The minimum absolute atomic E-state index is 0.309. The Kier molecular flexibility index (Phi) is 3.70. The normalized spacial score (nSPS) is 11.5. The van der Waals surface area contributed by atoms with E-state index >= 15 is 0 Å². The highest BCUT2D eigenvalue weighted by Gasteiger charge is 2.28. The zero-order valence-corrected chi connectivity index (χ0v) is 8.77. The molecular weight excluding hydrogens is 226 g/mol. The number of carbonyl (C=O) groups is 1. The maximum Gasteiger partial charge on any atom is 0.287 e. The van der Waals surface area contributed by atoms with Gasteiger partial charge >= 0.3 is 0 Å². The minimum atomic E-state index is -3.28. The fourth-order valence-electron chi connectivity index (χ4n) is 0.866. The van der Waals surface area contributed by atoms with Crippen molar-refractivity contribution in [2.45, 2.75) is 12.8 Å². The first kappa shape index (κ1) is 12.0. The summed E-state index contributed by atoms with van der Waals surface area (Å²) in [5, 5.41) is 10.3. The monoisotopic (exact) mass is 236 g/mol. The van der Waals surface area contributed by atoms with E-state index in [0.717, 1.165) is 11.3 Å². The van der Waals surface area contributed by atoms with E-state index in [-0.39, 0.29) is 0 Å². The maximum atomic E-state index is 12.6. The summed E-state index contributed by atoms with van der Waals surface area (Å²) in [6.45, 7) is -0.537. The van der Waals surface area contributed by atoms with Crippen LogP contribution in [-0.4, -0.2) is 35.1 Å². The van der Waals surface area contributed by atoms with Crippen molar-refractivity contribution in [3.8, 4) is 0 Å². The van der Waals surface area contributed by atoms with Gasteiger partial charge in [0, 0.05) is 0 Å². The summed E-state index contributed by atoms with van der Waals surface area (Å²) >= 11 is 1.09. The van der Waals surface area contributed by atoms with Gasteiger partial charge in [-0.05, 0) is 6.92 Å². The Labute approximate surface area is 89.0 Å². The second-order valence-electron chi connectivity index (χ2n) is 2.96. The Morgan fingerprint density at radius 1 is 1.73 bits per heavy atom. The summed E-state index contributed by atoms with van der Waals surface area (Å²) in [4.78, 5) is 15.5. The molecule has 0 saturated carbocycles. The molecule has 2 N–H and O–H groups in total. The van der Waals surface area contributed by atoms with Crippen molar-refractivity contribution in [3.63, 3.8) is 0 Å². The number of alkyl halides is 2. The van der Waals surface area contributed by atoms with E-state index in [0.29, 0.717) is 10.6 Å². The molecule has 1 amide bonds. The van der Waals surface area contributed by atoms with Crippen molar-refractivity contribution in [2.24, 2.45) is 0 Å². The molecule has 0 saturated heterocycles. The van der Waals surface area contributed by atoms with E-state index in [1.165, 1.54) is 5.51 Å². The molecule has 1 rings (SSSR count). The van der Waals surface area contributed by atoms with E-state index < -0.39 is 25.0 Å². The smallest absolute Gasteiger partial charge is 0.287 e. The van der Waals surface area contributed by atoms with Crippen LogP contribution in [-0.2, 0) is 0 Å². The number of aromatic nitrogens is 1. The van der Waals surface area contributed by atoms with Gasteiger partial charge < -0.3 is 10.4 Å². The van der Waals surface area contributed by atoms with Crippen LogP contribution in [0.3, 0.4) is 0 Å². The van der Waals surface area contributed by atoms with Gasteiger partial charge in [0.15, 0.2) is 0 Å². The van der Waals surface area contributed by atoms with E-state index in [1.807, 2.05) is 5.32 Å². The van der Waals surface area contributed by atoms with E-state index in [4.69, 9.17) is 5.11 Å². The van der Waals surface area contributed by atoms with Crippen LogP contribution >= 0.6 is 11.3 Å². The molecule has 4 nitrogen and oxygen atoms in total. The van der Waals surface area contributed by atoms with Crippen molar-refractivity contribution in [2.75, 3.05) is 13.2 Å². The van der Waals surface area contributed by atoms with E-state index in [9.17, 15) is 13.6 Å². The predicted octanol–water partition coefficient (Wildman–Crippen LogP) is 0.809. The Balaban J connectivity index is 2.55. The summed E-state index contributed by atoms with van der Waals surface area (Å²) in [5.74, 6) is -3.88. The van der Waals surface area contributed by atoms with Crippen LogP contribution in [0.25, 0.3) is 0 Å². The molecule has 0 atom stereocenters. The summed E-state index contributed by atoms with van der Waals surface area (Å²) in [6, 6.07) is 0. The van der Waals surface area contributed by atoms with Crippen molar-refractivity contribution in [3.05, 3.63) is 16.1 Å². The molecule has 1 aromatic heterocycles. The van der Waals surface area contributed by atoms with Crippen LogP contribution in [0, 0.1) is 6.92 Å². The number of halogens is 2. The molecule has 0 unspecified atom stereocenters. The van der Waals surface area contributed by atoms with Gasteiger partial charge in [0.05, 0.1) is 17.7 Å². The lowest BCUT2D eigenvalue weighted by atomic mass is 10.3. The molecule has 84 valence electrons. The van der Waals surface area contributed by atoms with Gasteiger partial charge in [0.2, 0.25) is 0 Å². The van der Waals surface area contributed by atoms with Gasteiger partial charge in [-0.1, -0.05) is 0 Å². The molecule has 0 aliphatic carbocycles. The van der Waals surface area contributed by atoms with Gasteiger partial charge in [0.1, 0.15) is 11.5 Å². The quantitative estimate of drug-likeness (QED) is 0.813. The Hall–Kier alpha value is -1.08. The molecule has 7 heteroatoms. The molecule has 0 radical (unpaired) electrons. The summed E-state index contributed by atoms with van der Waals surface area (Å²) in [5.41, 5.74) is 1.97. The van der Waals surface area contributed by atoms with E-state index in [1.54, 1.807) is 6.92 Å². The molecule has 15 heavy (non-hydrogen) atoms. The molecule has 0 fully saturated rings. The van der Waals surface area contributed by atoms with Gasteiger partial charge in [-0.3, -0.25) is 4.79 Å². The average molecular weight is 236 g/mol.